The highest BCUT2D eigenvalue weighted by atomic mass is 15.2. The number of pyridine rings is 1. The molecule has 0 fully saturated rings. The van der Waals surface area contributed by atoms with Crippen molar-refractivity contribution >= 4 is 22.7 Å². The van der Waals surface area contributed by atoms with Crippen LogP contribution in [-0.2, 0) is 13.1 Å². The molecule has 140 valence electrons. The van der Waals surface area contributed by atoms with Crippen LogP contribution in [-0.4, -0.2) is 32.1 Å². The molecule has 0 unspecified atom stereocenters. The van der Waals surface area contributed by atoms with E-state index in [-0.39, 0.29) is 0 Å². The van der Waals surface area contributed by atoms with Crippen LogP contribution in [0.2, 0.25) is 0 Å². The Morgan fingerprint density at radius 2 is 1.63 bits per heavy atom. The van der Waals surface area contributed by atoms with Crippen molar-refractivity contribution in [3.8, 4) is 0 Å². The van der Waals surface area contributed by atoms with E-state index in [2.05, 4.69) is 65.0 Å². The van der Waals surface area contributed by atoms with Crippen LogP contribution in [0, 0.1) is 6.92 Å². The number of hydrogen-bond donors (Lipinski definition) is 2. The number of anilines is 1. The van der Waals surface area contributed by atoms with E-state index in [0.29, 0.717) is 6.54 Å². The van der Waals surface area contributed by atoms with Gasteiger partial charge in [0.2, 0.25) is 0 Å². The van der Waals surface area contributed by atoms with Gasteiger partial charge in [0.25, 0.3) is 0 Å². The summed E-state index contributed by atoms with van der Waals surface area (Å²) < 4.78 is 0. The molecule has 0 atom stereocenters. The first-order valence-corrected chi connectivity index (χ1v) is 9.13. The summed E-state index contributed by atoms with van der Waals surface area (Å²) in [5.74, 6) is 1.74. The van der Waals surface area contributed by atoms with E-state index < -0.39 is 0 Å². The van der Waals surface area contributed by atoms with Gasteiger partial charge in [-0.05, 0) is 35.7 Å². The molecule has 0 saturated carbocycles. The fourth-order valence-corrected chi connectivity index (χ4v) is 2.99. The number of benzene rings is 2. The van der Waals surface area contributed by atoms with Crippen LogP contribution in [0.4, 0.5) is 5.82 Å². The Kier molecular flexibility index (Phi) is 5.91. The maximum absolute atomic E-state index is 4.72. The summed E-state index contributed by atoms with van der Waals surface area (Å²) in [5.41, 5.74) is 4.74. The number of nitrogens with one attached hydrogen (secondary N) is 2. The Balaban J connectivity index is 1.74. The Hall–Kier alpha value is -3.08. The van der Waals surface area contributed by atoms with Crippen LogP contribution in [0.15, 0.2) is 59.6 Å². The van der Waals surface area contributed by atoms with E-state index in [1.165, 1.54) is 16.7 Å². The molecule has 27 heavy (non-hydrogen) atoms. The molecular weight excluding hydrogens is 334 g/mol. The van der Waals surface area contributed by atoms with Gasteiger partial charge in [-0.25, -0.2) is 4.98 Å². The number of aryl methyl sites for hydroxylation is 1. The van der Waals surface area contributed by atoms with Gasteiger partial charge in [0.05, 0.1) is 5.52 Å². The van der Waals surface area contributed by atoms with Gasteiger partial charge in [0.1, 0.15) is 5.82 Å². The van der Waals surface area contributed by atoms with Gasteiger partial charge < -0.3 is 15.5 Å². The highest BCUT2D eigenvalue weighted by Gasteiger charge is 2.08. The van der Waals surface area contributed by atoms with Crippen molar-refractivity contribution in [2.45, 2.75) is 20.0 Å². The zero-order chi connectivity index (χ0) is 19.2. The van der Waals surface area contributed by atoms with Crippen LogP contribution in [0.3, 0.4) is 0 Å². The molecular formula is C22H27N5. The second kappa shape index (κ2) is 8.54. The number of guanidine groups is 1. The van der Waals surface area contributed by atoms with Crippen LogP contribution in [0.25, 0.3) is 10.9 Å². The van der Waals surface area contributed by atoms with Crippen LogP contribution in [0.1, 0.15) is 16.7 Å². The number of aliphatic imine (C=N–C) groups is 1. The number of hydrogen-bond acceptors (Lipinski definition) is 3. The average molecular weight is 361 g/mol. The summed E-state index contributed by atoms with van der Waals surface area (Å²) in [6.45, 7) is 3.54. The number of para-hydroxylation sites is 1. The van der Waals surface area contributed by atoms with Crippen molar-refractivity contribution in [3.63, 3.8) is 0 Å². The smallest absolute Gasteiger partial charge is 0.191 e. The van der Waals surface area contributed by atoms with Crippen LogP contribution < -0.4 is 15.5 Å². The summed E-state index contributed by atoms with van der Waals surface area (Å²) in [6.07, 6.45) is 0. The van der Waals surface area contributed by atoms with E-state index in [1.54, 1.807) is 7.05 Å². The molecule has 2 N–H and O–H groups in total. The number of nitrogens with zero attached hydrogens (tertiary/aromatic N) is 3. The molecule has 0 bridgehead atoms. The van der Waals surface area contributed by atoms with Gasteiger partial charge in [0.15, 0.2) is 5.96 Å². The van der Waals surface area contributed by atoms with Gasteiger partial charge in [-0.15, -0.1) is 0 Å². The summed E-state index contributed by atoms with van der Waals surface area (Å²) in [6, 6.07) is 18.7. The fourth-order valence-electron chi connectivity index (χ4n) is 2.99. The SMILES string of the molecule is CN=C(NCc1ccccc1C)NCc1cc(N(C)C)nc2ccccc12. The molecule has 0 radical (unpaired) electrons. The van der Waals surface area contributed by atoms with Crippen molar-refractivity contribution in [1.82, 2.24) is 15.6 Å². The number of aromatic nitrogens is 1. The monoisotopic (exact) mass is 361 g/mol. The lowest BCUT2D eigenvalue weighted by Crippen LogP contribution is -2.36. The van der Waals surface area contributed by atoms with E-state index in [4.69, 9.17) is 4.98 Å². The van der Waals surface area contributed by atoms with E-state index in [9.17, 15) is 0 Å². The first-order chi connectivity index (χ1) is 13.1. The largest absolute Gasteiger partial charge is 0.363 e. The maximum atomic E-state index is 4.72. The minimum atomic E-state index is 0.678. The Morgan fingerprint density at radius 3 is 2.33 bits per heavy atom. The van der Waals surface area contributed by atoms with Crippen LogP contribution in [0.5, 0.6) is 0 Å². The zero-order valence-electron chi connectivity index (χ0n) is 16.5. The molecule has 0 aliphatic rings. The lowest BCUT2D eigenvalue weighted by molar-refractivity contribution is 0.808. The molecule has 1 heterocycles. The molecule has 1 aromatic heterocycles. The lowest BCUT2D eigenvalue weighted by Gasteiger charge is -2.17. The molecule has 0 amide bonds. The minimum absolute atomic E-state index is 0.678. The Bertz CT molecular complexity index is 946. The highest BCUT2D eigenvalue weighted by Crippen LogP contribution is 2.22. The second-order valence-corrected chi connectivity index (χ2v) is 6.76. The standard InChI is InChI=1S/C22H27N5/c1-16-9-5-6-10-17(16)14-24-22(23-2)25-15-18-13-21(27(3)4)26-20-12-8-7-11-19(18)20/h5-13H,14-15H2,1-4H3,(H2,23,24,25). The summed E-state index contributed by atoms with van der Waals surface area (Å²) >= 11 is 0. The van der Waals surface area contributed by atoms with Crippen molar-refractivity contribution in [2.24, 2.45) is 4.99 Å². The third-order valence-electron chi connectivity index (χ3n) is 4.62. The second-order valence-electron chi connectivity index (χ2n) is 6.76. The predicted octanol–water partition coefficient (Wildman–Crippen LogP) is 3.47. The third kappa shape index (κ3) is 4.56. The zero-order valence-corrected chi connectivity index (χ0v) is 16.5. The molecule has 3 aromatic rings. The summed E-state index contributed by atoms with van der Waals surface area (Å²) in [4.78, 5) is 11.1. The average Bonchev–Trinajstić information content (AvgIpc) is 2.68. The topological polar surface area (TPSA) is 52.6 Å². The quantitative estimate of drug-likeness (QED) is 0.540. The lowest BCUT2D eigenvalue weighted by atomic mass is 10.1. The number of rotatable bonds is 5. The van der Waals surface area contributed by atoms with Gasteiger partial charge in [-0.1, -0.05) is 42.5 Å². The van der Waals surface area contributed by atoms with E-state index in [1.807, 2.05) is 31.1 Å². The molecule has 0 aliphatic heterocycles. The molecule has 0 spiro atoms. The normalized spacial score (nSPS) is 11.5. The van der Waals surface area contributed by atoms with Gasteiger partial charge in [0, 0.05) is 39.6 Å². The summed E-state index contributed by atoms with van der Waals surface area (Å²) in [5, 5.41) is 7.98. The molecule has 0 aliphatic carbocycles. The predicted molar refractivity (Wildman–Crippen MR) is 114 cm³/mol. The van der Waals surface area contributed by atoms with Crippen molar-refractivity contribution in [2.75, 3.05) is 26.0 Å². The maximum Gasteiger partial charge on any atom is 0.191 e. The fraction of sp³-hybridized carbons (Fsp3) is 0.273. The van der Waals surface area contributed by atoms with Gasteiger partial charge in [-0.3, -0.25) is 4.99 Å². The van der Waals surface area contributed by atoms with Crippen LogP contribution >= 0.6 is 0 Å². The van der Waals surface area contributed by atoms with Crippen molar-refractivity contribution < 1.29 is 0 Å². The molecule has 3 rings (SSSR count). The Morgan fingerprint density at radius 1 is 0.963 bits per heavy atom. The Labute approximate surface area is 161 Å². The van der Waals surface area contributed by atoms with E-state index in [0.717, 1.165) is 29.2 Å². The molecule has 5 nitrogen and oxygen atoms in total. The first kappa shape index (κ1) is 18.7. The summed E-state index contributed by atoms with van der Waals surface area (Å²) in [7, 11) is 5.82. The van der Waals surface area contributed by atoms with Crippen molar-refractivity contribution in [1.29, 1.82) is 0 Å². The minimum Gasteiger partial charge on any atom is -0.363 e. The number of fused-ring (bicyclic) bond motifs is 1. The molecule has 5 heteroatoms. The molecule has 2 aromatic carbocycles. The third-order valence-corrected chi connectivity index (χ3v) is 4.62. The first-order valence-electron chi connectivity index (χ1n) is 9.13. The van der Waals surface area contributed by atoms with Gasteiger partial charge >= 0.3 is 0 Å². The highest BCUT2D eigenvalue weighted by molar-refractivity contribution is 5.85. The van der Waals surface area contributed by atoms with Gasteiger partial charge in [-0.2, -0.15) is 0 Å². The van der Waals surface area contributed by atoms with E-state index >= 15 is 0 Å². The van der Waals surface area contributed by atoms with Crippen molar-refractivity contribution in [3.05, 3.63) is 71.3 Å². The molecule has 0 saturated heterocycles.